The maximum Gasteiger partial charge on any atom is 0.242 e. The summed E-state index contributed by atoms with van der Waals surface area (Å²) < 4.78 is 0. The van der Waals surface area contributed by atoms with Crippen molar-refractivity contribution in [1.82, 2.24) is 9.80 Å². The molecule has 92 valence electrons. The zero-order valence-electron chi connectivity index (χ0n) is 10.2. The summed E-state index contributed by atoms with van der Waals surface area (Å²) in [5.41, 5.74) is 5.50. The van der Waals surface area contributed by atoms with Gasteiger partial charge in [0.1, 0.15) is 0 Å². The summed E-state index contributed by atoms with van der Waals surface area (Å²) in [6.07, 6.45) is 5.43. The molecule has 0 aromatic heterocycles. The SMILES string of the molecule is CN(CCN1CCCC1)C(=O)C1(N)CCC1. The minimum Gasteiger partial charge on any atom is -0.343 e. The number of amides is 1. The molecule has 1 aliphatic carbocycles. The van der Waals surface area contributed by atoms with Gasteiger partial charge in [-0.25, -0.2) is 0 Å². The Labute approximate surface area is 97.8 Å². The van der Waals surface area contributed by atoms with Crippen LogP contribution in [0.1, 0.15) is 32.1 Å². The number of likely N-dealkylation sites (N-methyl/N-ethyl adjacent to an activating group) is 1. The first-order valence-corrected chi connectivity index (χ1v) is 6.39. The molecule has 0 aromatic carbocycles. The third-order valence-corrected chi connectivity index (χ3v) is 3.97. The summed E-state index contributed by atoms with van der Waals surface area (Å²) in [6.45, 7) is 4.20. The summed E-state index contributed by atoms with van der Waals surface area (Å²) in [6, 6.07) is 0. The average molecular weight is 225 g/mol. The van der Waals surface area contributed by atoms with E-state index >= 15 is 0 Å². The van der Waals surface area contributed by atoms with Gasteiger partial charge in [-0.15, -0.1) is 0 Å². The third-order valence-electron chi connectivity index (χ3n) is 3.97. The molecular formula is C12H23N3O. The number of nitrogens with two attached hydrogens (primary N) is 1. The van der Waals surface area contributed by atoms with E-state index in [9.17, 15) is 4.79 Å². The minimum atomic E-state index is -0.528. The van der Waals surface area contributed by atoms with E-state index in [1.54, 1.807) is 0 Å². The maximum atomic E-state index is 12.0. The van der Waals surface area contributed by atoms with E-state index in [1.807, 2.05) is 11.9 Å². The quantitative estimate of drug-likeness (QED) is 0.754. The predicted molar refractivity (Wildman–Crippen MR) is 64.1 cm³/mol. The lowest BCUT2D eigenvalue weighted by Gasteiger charge is -2.39. The van der Waals surface area contributed by atoms with Gasteiger partial charge in [-0.1, -0.05) is 0 Å². The number of rotatable bonds is 4. The van der Waals surface area contributed by atoms with E-state index in [-0.39, 0.29) is 5.91 Å². The molecule has 0 radical (unpaired) electrons. The van der Waals surface area contributed by atoms with Crippen molar-refractivity contribution in [2.45, 2.75) is 37.6 Å². The van der Waals surface area contributed by atoms with Gasteiger partial charge in [0, 0.05) is 20.1 Å². The summed E-state index contributed by atoms with van der Waals surface area (Å²) >= 11 is 0. The van der Waals surface area contributed by atoms with E-state index in [4.69, 9.17) is 5.73 Å². The Morgan fingerprint density at radius 1 is 1.31 bits per heavy atom. The molecule has 1 aliphatic heterocycles. The Bertz CT molecular complexity index is 257. The number of hydrogen-bond donors (Lipinski definition) is 1. The van der Waals surface area contributed by atoms with Crippen molar-refractivity contribution in [3.8, 4) is 0 Å². The highest BCUT2D eigenvalue weighted by Crippen LogP contribution is 2.30. The van der Waals surface area contributed by atoms with Gasteiger partial charge in [0.15, 0.2) is 0 Å². The lowest BCUT2D eigenvalue weighted by molar-refractivity contribution is -0.138. The Hall–Kier alpha value is -0.610. The van der Waals surface area contributed by atoms with Crippen LogP contribution >= 0.6 is 0 Å². The summed E-state index contributed by atoms with van der Waals surface area (Å²) in [4.78, 5) is 16.3. The molecule has 0 spiro atoms. The van der Waals surface area contributed by atoms with Gasteiger partial charge in [0.05, 0.1) is 5.54 Å². The van der Waals surface area contributed by atoms with Crippen LogP contribution in [-0.2, 0) is 4.79 Å². The van der Waals surface area contributed by atoms with Gasteiger partial charge in [-0.2, -0.15) is 0 Å². The molecule has 1 heterocycles. The van der Waals surface area contributed by atoms with Crippen LogP contribution in [0.4, 0.5) is 0 Å². The number of nitrogens with zero attached hydrogens (tertiary/aromatic N) is 2. The van der Waals surface area contributed by atoms with Crippen LogP contribution in [0.15, 0.2) is 0 Å². The first kappa shape index (κ1) is 11.9. The number of carbonyl (C=O) groups excluding carboxylic acids is 1. The van der Waals surface area contributed by atoms with Crippen LogP contribution < -0.4 is 5.73 Å². The number of likely N-dealkylation sites (tertiary alicyclic amines) is 1. The van der Waals surface area contributed by atoms with Crippen molar-refractivity contribution in [2.24, 2.45) is 5.73 Å². The molecule has 0 bridgehead atoms. The number of carbonyl (C=O) groups is 1. The fourth-order valence-electron chi connectivity index (χ4n) is 2.55. The van der Waals surface area contributed by atoms with Crippen molar-refractivity contribution in [3.63, 3.8) is 0 Å². The van der Waals surface area contributed by atoms with E-state index in [0.717, 1.165) is 32.4 Å². The van der Waals surface area contributed by atoms with Gasteiger partial charge < -0.3 is 15.5 Å². The molecule has 0 aromatic rings. The van der Waals surface area contributed by atoms with E-state index in [2.05, 4.69) is 4.90 Å². The van der Waals surface area contributed by atoms with Crippen LogP contribution in [0.2, 0.25) is 0 Å². The van der Waals surface area contributed by atoms with Gasteiger partial charge in [0.25, 0.3) is 0 Å². The molecule has 0 atom stereocenters. The lowest BCUT2D eigenvalue weighted by Crippen LogP contribution is -2.59. The first-order chi connectivity index (χ1) is 7.62. The third kappa shape index (κ3) is 2.38. The highest BCUT2D eigenvalue weighted by molar-refractivity contribution is 5.86. The van der Waals surface area contributed by atoms with Crippen LogP contribution in [-0.4, -0.2) is 54.5 Å². The standard InChI is InChI=1S/C12H23N3O/c1-14(9-10-15-7-2-3-8-15)11(16)12(13)5-4-6-12/h2-10,13H2,1H3. The fourth-order valence-corrected chi connectivity index (χ4v) is 2.55. The van der Waals surface area contributed by atoms with Crippen LogP contribution in [0.3, 0.4) is 0 Å². The van der Waals surface area contributed by atoms with Gasteiger partial charge in [-0.3, -0.25) is 4.79 Å². The van der Waals surface area contributed by atoms with Crippen molar-refractivity contribution in [1.29, 1.82) is 0 Å². The molecule has 4 nitrogen and oxygen atoms in total. The highest BCUT2D eigenvalue weighted by atomic mass is 16.2. The van der Waals surface area contributed by atoms with Gasteiger partial charge in [-0.05, 0) is 45.2 Å². The topological polar surface area (TPSA) is 49.6 Å². The maximum absolute atomic E-state index is 12.0. The second-order valence-electron chi connectivity index (χ2n) is 5.29. The molecule has 2 N–H and O–H groups in total. The average Bonchev–Trinajstić information content (AvgIpc) is 2.74. The second kappa shape index (κ2) is 4.72. The van der Waals surface area contributed by atoms with Crippen molar-refractivity contribution >= 4 is 5.91 Å². The molecule has 2 rings (SSSR count). The van der Waals surface area contributed by atoms with Crippen molar-refractivity contribution < 1.29 is 4.79 Å². The van der Waals surface area contributed by atoms with Crippen molar-refractivity contribution in [3.05, 3.63) is 0 Å². The minimum absolute atomic E-state index is 0.137. The second-order valence-corrected chi connectivity index (χ2v) is 5.29. The predicted octanol–water partition coefficient (Wildman–Crippen LogP) is 0.422. The monoisotopic (exact) mass is 225 g/mol. The zero-order chi connectivity index (χ0) is 11.6. The van der Waals surface area contributed by atoms with Crippen LogP contribution in [0, 0.1) is 0 Å². The Morgan fingerprint density at radius 2 is 1.94 bits per heavy atom. The lowest BCUT2D eigenvalue weighted by atomic mass is 9.76. The Kier molecular flexibility index (Phi) is 3.50. The molecule has 16 heavy (non-hydrogen) atoms. The molecule has 0 unspecified atom stereocenters. The van der Waals surface area contributed by atoms with Gasteiger partial charge in [0.2, 0.25) is 5.91 Å². The summed E-state index contributed by atoms with van der Waals surface area (Å²) in [5.74, 6) is 0.137. The van der Waals surface area contributed by atoms with E-state index in [1.165, 1.54) is 25.9 Å². The summed E-state index contributed by atoms with van der Waals surface area (Å²) in [7, 11) is 1.88. The molecule has 4 heteroatoms. The van der Waals surface area contributed by atoms with Gasteiger partial charge >= 0.3 is 0 Å². The fraction of sp³-hybridized carbons (Fsp3) is 0.917. The van der Waals surface area contributed by atoms with E-state index in [0.29, 0.717) is 0 Å². The molecular weight excluding hydrogens is 202 g/mol. The molecule has 1 saturated heterocycles. The smallest absolute Gasteiger partial charge is 0.242 e. The molecule has 2 aliphatic rings. The summed E-state index contributed by atoms with van der Waals surface area (Å²) in [5, 5.41) is 0. The molecule has 1 saturated carbocycles. The molecule has 1 amide bonds. The van der Waals surface area contributed by atoms with Crippen LogP contribution in [0.25, 0.3) is 0 Å². The normalized spacial score (nSPS) is 24.1. The Morgan fingerprint density at radius 3 is 2.44 bits per heavy atom. The van der Waals surface area contributed by atoms with Crippen molar-refractivity contribution in [2.75, 3.05) is 33.2 Å². The zero-order valence-corrected chi connectivity index (χ0v) is 10.2. The number of hydrogen-bond acceptors (Lipinski definition) is 3. The first-order valence-electron chi connectivity index (χ1n) is 6.39. The van der Waals surface area contributed by atoms with E-state index < -0.39 is 5.54 Å². The highest BCUT2D eigenvalue weighted by Gasteiger charge is 2.41. The van der Waals surface area contributed by atoms with Crippen LogP contribution in [0.5, 0.6) is 0 Å². The molecule has 2 fully saturated rings. The Balaban J connectivity index is 1.74. The largest absolute Gasteiger partial charge is 0.343 e.